The summed E-state index contributed by atoms with van der Waals surface area (Å²) in [6.45, 7) is 1.76. The number of aromatic nitrogens is 1. The van der Waals surface area contributed by atoms with Crippen LogP contribution in [0.1, 0.15) is 45.6 Å². The lowest BCUT2D eigenvalue weighted by Crippen LogP contribution is -2.30. The Bertz CT molecular complexity index is 1190. The smallest absolute Gasteiger partial charge is 0.416 e. The molecule has 0 bridgehead atoms. The third kappa shape index (κ3) is 5.01. The number of hydrogen-bond donors (Lipinski definition) is 1. The normalized spacial score (nSPS) is 12.3. The Hall–Kier alpha value is -3.55. The van der Waals surface area contributed by atoms with E-state index in [-0.39, 0.29) is 23.3 Å². The fourth-order valence-electron chi connectivity index (χ4n) is 3.48. The lowest BCUT2D eigenvalue weighted by atomic mass is 9.97. The molecular weight excluding hydrogens is 421 g/mol. The Labute approximate surface area is 183 Å². The number of hydrogen-bond acceptors (Lipinski definition) is 3. The fraction of sp³-hybridized carbons (Fsp3) is 0.250. The maximum Gasteiger partial charge on any atom is 0.416 e. The SMILES string of the molecule is COc1c(C(=O)N[C@H](C)c2cccc(Cc3ccccc3C(F)(F)F)c2)ccn(C)c1=O. The first-order valence-electron chi connectivity index (χ1n) is 9.90. The van der Waals surface area contributed by atoms with E-state index in [1.807, 2.05) is 0 Å². The van der Waals surface area contributed by atoms with Gasteiger partial charge in [-0.15, -0.1) is 0 Å². The second-order valence-corrected chi connectivity index (χ2v) is 7.45. The van der Waals surface area contributed by atoms with E-state index in [4.69, 9.17) is 4.74 Å². The number of amides is 1. The molecule has 2 aromatic carbocycles. The third-order valence-electron chi connectivity index (χ3n) is 5.19. The fourth-order valence-corrected chi connectivity index (χ4v) is 3.48. The van der Waals surface area contributed by atoms with Gasteiger partial charge in [-0.25, -0.2) is 0 Å². The summed E-state index contributed by atoms with van der Waals surface area (Å²) in [7, 11) is 2.87. The van der Waals surface area contributed by atoms with Gasteiger partial charge >= 0.3 is 6.18 Å². The van der Waals surface area contributed by atoms with Crippen molar-refractivity contribution in [1.29, 1.82) is 0 Å². The number of benzene rings is 2. The molecule has 0 aliphatic carbocycles. The number of ether oxygens (including phenoxy) is 1. The van der Waals surface area contributed by atoms with Gasteiger partial charge in [0.15, 0.2) is 5.75 Å². The van der Waals surface area contributed by atoms with Gasteiger partial charge < -0.3 is 14.6 Å². The molecule has 0 unspecified atom stereocenters. The highest BCUT2D eigenvalue weighted by molar-refractivity contribution is 5.96. The van der Waals surface area contributed by atoms with Gasteiger partial charge in [-0.2, -0.15) is 13.2 Å². The molecule has 0 radical (unpaired) electrons. The maximum atomic E-state index is 13.3. The number of halogens is 3. The first kappa shape index (κ1) is 23.1. The summed E-state index contributed by atoms with van der Waals surface area (Å²) in [5, 5.41) is 2.81. The highest BCUT2D eigenvalue weighted by Crippen LogP contribution is 2.33. The predicted octanol–water partition coefficient (Wildman–Crippen LogP) is 4.49. The largest absolute Gasteiger partial charge is 0.491 e. The highest BCUT2D eigenvalue weighted by Gasteiger charge is 2.32. The predicted molar refractivity (Wildman–Crippen MR) is 115 cm³/mol. The number of pyridine rings is 1. The zero-order valence-electron chi connectivity index (χ0n) is 17.9. The summed E-state index contributed by atoms with van der Waals surface area (Å²) in [4.78, 5) is 24.9. The molecule has 0 spiro atoms. The molecule has 3 aromatic rings. The van der Waals surface area contributed by atoms with Crippen LogP contribution in [-0.4, -0.2) is 17.6 Å². The molecule has 1 aromatic heterocycles. The average molecular weight is 444 g/mol. The van der Waals surface area contributed by atoms with E-state index in [1.54, 1.807) is 44.3 Å². The van der Waals surface area contributed by atoms with Gasteiger partial charge in [0.1, 0.15) is 0 Å². The van der Waals surface area contributed by atoms with Gasteiger partial charge in [-0.1, -0.05) is 42.5 Å². The van der Waals surface area contributed by atoms with Crippen LogP contribution in [0.15, 0.2) is 65.6 Å². The summed E-state index contributed by atoms with van der Waals surface area (Å²) in [6, 6.07) is 13.5. The second kappa shape index (κ2) is 9.30. The molecule has 0 saturated carbocycles. The third-order valence-corrected chi connectivity index (χ3v) is 5.19. The van der Waals surface area contributed by atoms with Gasteiger partial charge in [0.2, 0.25) is 0 Å². The lowest BCUT2D eigenvalue weighted by Gasteiger charge is -2.17. The van der Waals surface area contributed by atoms with Crippen molar-refractivity contribution in [2.45, 2.75) is 25.6 Å². The number of nitrogens with one attached hydrogen (secondary N) is 1. The monoisotopic (exact) mass is 444 g/mol. The Balaban J connectivity index is 1.81. The van der Waals surface area contributed by atoms with E-state index in [0.29, 0.717) is 5.56 Å². The molecule has 0 fully saturated rings. The quantitative estimate of drug-likeness (QED) is 0.609. The molecule has 0 aliphatic heterocycles. The Morgan fingerprint density at radius 1 is 1.12 bits per heavy atom. The van der Waals surface area contributed by atoms with Crippen LogP contribution < -0.4 is 15.6 Å². The van der Waals surface area contributed by atoms with Crippen LogP contribution in [0, 0.1) is 0 Å². The van der Waals surface area contributed by atoms with Gasteiger partial charge in [0.25, 0.3) is 11.5 Å². The van der Waals surface area contributed by atoms with Crippen LogP contribution in [0.3, 0.4) is 0 Å². The van der Waals surface area contributed by atoms with Crippen molar-refractivity contribution in [1.82, 2.24) is 9.88 Å². The molecule has 0 saturated heterocycles. The number of aryl methyl sites for hydroxylation is 1. The molecule has 168 valence electrons. The van der Waals surface area contributed by atoms with E-state index in [9.17, 15) is 22.8 Å². The van der Waals surface area contributed by atoms with Gasteiger partial charge in [0.05, 0.1) is 24.3 Å². The van der Waals surface area contributed by atoms with Crippen molar-refractivity contribution >= 4 is 5.91 Å². The molecule has 0 aliphatic rings. The van der Waals surface area contributed by atoms with E-state index < -0.39 is 29.2 Å². The molecule has 1 N–H and O–H groups in total. The summed E-state index contributed by atoms with van der Waals surface area (Å²) in [6.07, 6.45) is -2.85. The molecule has 1 heterocycles. The van der Waals surface area contributed by atoms with E-state index >= 15 is 0 Å². The van der Waals surface area contributed by atoms with Crippen LogP contribution in [0.2, 0.25) is 0 Å². The molecule has 3 rings (SSSR count). The molecule has 1 atom stereocenters. The minimum atomic E-state index is -4.43. The van der Waals surface area contributed by atoms with Crippen molar-refractivity contribution in [2.75, 3.05) is 7.11 Å². The summed E-state index contributed by atoms with van der Waals surface area (Å²) in [5.74, 6) is -0.544. The minimum absolute atomic E-state index is 0.0581. The molecule has 32 heavy (non-hydrogen) atoms. The van der Waals surface area contributed by atoms with Gasteiger partial charge in [-0.3, -0.25) is 9.59 Å². The number of nitrogens with zero attached hydrogens (tertiary/aromatic N) is 1. The maximum absolute atomic E-state index is 13.3. The Morgan fingerprint density at radius 2 is 1.84 bits per heavy atom. The topological polar surface area (TPSA) is 60.3 Å². The van der Waals surface area contributed by atoms with E-state index in [0.717, 1.165) is 11.6 Å². The highest BCUT2D eigenvalue weighted by atomic mass is 19.4. The summed E-state index contributed by atoms with van der Waals surface area (Å²) >= 11 is 0. The zero-order chi connectivity index (χ0) is 23.5. The minimum Gasteiger partial charge on any atom is -0.491 e. The van der Waals surface area contributed by atoms with Crippen molar-refractivity contribution < 1.29 is 22.7 Å². The Kier molecular flexibility index (Phi) is 6.72. The number of rotatable bonds is 6. The number of carbonyl (C=O) groups is 1. The summed E-state index contributed by atoms with van der Waals surface area (Å²) < 4.78 is 46.3. The van der Waals surface area contributed by atoms with E-state index in [2.05, 4.69) is 5.32 Å². The number of carbonyl (C=O) groups excluding carboxylic acids is 1. The lowest BCUT2D eigenvalue weighted by molar-refractivity contribution is -0.138. The molecule has 5 nitrogen and oxygen atoms in total. The standard InChI is InChI=1S/C24H23F3N2O3/c1-15(28-22(30)19-11-12-29(2)23(31)21(19)32-3)17-9-6-7-16(13-17)14-18-8-4-5-10-20(18)24(25,26)27/h4-13,15H,14H2,1-3H3,(H,28,30)/t15-/m1/s1. The van der Waals surface area contributed by atoms with Crippen molar-refractivity contribution in [3.63, 3.8) is 0 Å². The number of alkyl halides is 3. The van der Waals surface area contributed by atoms with Crippen molar-refractivity contribution in [3.8, 4) is 5.75 Å². The van der Waals surface area contributed by atoms with Crippen LogP contribution in [0.5, 0.6) is 5.75 Å². The molecule has 1 amide bonds. The van der Waals surface area contributed by atoms with Crippen LogP contribution in [0.25, 0.3) is 0 Å². The van der Waals surface area contributed by atoms with Crippen LogP contribution in [-0.2, 0) is 19.6 Å². The zero-order valence-corrected chi connectivity index (χ0v) is 17.9. The van der Waals surface area contributed by atoms with Crippen LogP contribution >= 0.6 is 0 Å². The molecular formula is C24H23F3N2O3. The number of methoxy groups -OCH3 is 1. The van der Waals surface area contributed by atoms with Crippen molar-refractivity contribution in [2.24, 2.45) is 7.05 Å². The Morgan fingerprint density at radius 3 is 2.53 bits per heavy atom. The average Bonchev–Trinajstić information content (AvgIpc) is 2.75. The molecule has 8 heteroatoms. The van der Waals surface area contributed by atoms with Gasteiger partial charge in [-0.05, 0) is 42.2 Å². The van der Waals surface area contributed by atoms with Crippen molar-refractivity contribution in [3.05, 3.63) is 99.0 Å². The first-order chi connectivity index (χ1) is 15.1. The van der Waals surface area contributed by atoms with Crippen LogP contribution in [0.4, 0.5) is 13.2 Å². The first-order valence-corrected chi connectivity index (χ1v) is 9.90. The van der Waals surface area contributed by atoms with E-state index in [1.165, 1.54) is 36.1 Å². The summed E-state index contributed by atoms with van der Waals surface area (Å²) in [5.41, 5.74) is 0.605. The van der Waals surface area contributed by atoms with Gasteiger partial charge in [0, 0.05) is 13.2 Å². The second-order valence-electron chi connectivity index (χ2n) is 7.45.